The third-order valence-corrected chi connectivity index (χ3v) is 7.21. The Hall–Kier alpha value is -4.21. The Kier molecular flexibility index (Phi) is 5.74. The van der Waals surface area contributed by atoms with Gasteiger partial charge in [0.25, 0.3) is 17.7 Å². The molecule has 3 aliphatic rings. The molecule has 2 heterocycles. The Labute approximate surface area is 208 Å². The molecule has 10 heteroatoms. The van der Waals surface area contributed by atoms with Gasteiger partial charge in [-0.1, -0.05) is 54.6 Å². The molecule has 1 aliphatic carbocycles. The van der Waals surface area contributed by atoms with Crippen molar-refractivity contribution in [2.24, 2.45) is 0 Å². The van der Waals surface area contributed by atoms with Crippen LogP contribution in [0, 0.1) is 0 Å². The second kappa shape index (κ2) is 8.78. The molecule has 2 aromatic rings. The lowest BCUT2D eigenvalue weighted by Crippen LogP contribution is -2.52. The fraction of sp³-hybridized carbons (Fsp3) is 0.346. The van der Waals surface area contributed by atoms with Gasteiger partial charge in [0.2, 0.25) is 0 Å². The van der Waals surface area contributed by atoms with E-state index in [1.807, 2.05) is 54.6 Å². The summed E-state index contributed by atoms with van der Waals surface area (Å²) in [6.07, 6.45) is 2.84. The third kappa shape index (κ3) is 3.88. The maximum atomic E-state index is 13.4. The number of urea groups is 2. The van der Waals surface area contributed by atoms with Crippen molar-refractivity contribution in [1.82, 2.24) is 26.0 Å². The molecule has 0 bridgehead atoms. The molecule has 10 nitrogen and oxygen atoms in total. The van der Waals surface area contributed by atoms with E-state index >= 15 is 0 Å². The summed E-state index contributed by atoms with van der Waals surface area (Å²) in [7, 11) is 0. The summed E-state index contributed by atoms with van der Waals surface area (Å²) in [5.41, 5.74) is 2.60. The molecule has 5 rings (SSSR count). The van der Waals surface area contributed by atoms with Crippen LogP contribution in [0.25, 0.3) is 0 Å². The van der Waals surface area contributed by atoms with Gasteiger partial charge in [0.15, 0.2) is 0 Å². The predicted octanol–water partition coefficient (Wildman–Crippen LogP) is 1.74. The van der Waals surface area contributed by atoms with Gasteiger partial charge in [0, 0.05) is 0 Å². The predicted molar refractivity (Wildman–Crippen MR) is 128 cm³/mol. The van der Waals surface area contributed by atoms with Gasteiger partial charge in [0.05, 0.1) is 0 Å². The number of nitrogens with one attached hydrogen (secondary N) is 3. The standard InChI is InChI=1S/C26H27N5O5/c1-25(15-13-17-8-3-2-4-9-17)21(33)31(24(36)27-25)29-20(32)16-30-22(34)26(28-23(30)35)14-7-11-18-10-5-6-12-19(18)26/h2-6,8-10,12H,7,11,13-16H2,1H3,(H,27,36)(H,28,35)(H,29,32). The van der Waals surface area contributed by atoms with E-state index in [-0.39, 0.29) is 0 Å². The lowest BCUT2D eigenvalue weighted by atomic mass is 9.76. The van der Waals surface area contributed by atoms with Crippen molar-refractivity contribution in [3.63, 3.8) is 0 Å². The maximum absolute atomic E-state index is 13.4. The van der Waals surface area contributed by atoms with E-state index in [2.05, 4.69) is 16.1 Å². The number of benzene rings is 2. The summed E-state index contributed by atoms with van der Waals surface area (Å²) >= 11 is 0. The van der Waals surface area contributed by atoms with Gasteiger partial charge in [-0.25, -0.2) is 9.59 Å². The first-order valence-electron chi connectivity index (χ1n) is 12.0. The smallest absolute Gasteiger partial charge is 0.322 e. The van der Waals surface area contributed by atoms with Gasteiger partial charge in [-0.3, -0.25) is 24.7 Å². The Morgan fingerprint density at radius 2 is 1.67 bits per heavy atom. The van der Waals surface area contributed by atoms with Crippen LogP contribution in [-0.2, 0) is 32.8 Å². The van der Waals surface area contributed by atoms with Crippen LogP contribution in [0.2, 0.25) is 0 Å². The fourth-order valence-electron chi connectivity index (χ4n) is 5.25. The average Bonchev–Trinajstić information content (AvgIpc) is 3.23. The Morgan fingerprint density at radius 3 is 2.44 bits per heavy atom. The normalized spacial score (nSPS) is 25.1. The monoisotopic (exact) mass is 489 g/mol. The highest BCUT2D eigenvalue weighted by atomic mass is 16.2. The molecule has 2 aliphatic heterocycles. The number of imide groups is 2. The third-order valence-electron chi connectivity index (χ3n) is 7.21. The van der Waals surface area contributed by atoms with E-state index in [0.717, 1.165) is 28.0 Å². The van der Waals surface area contributed by atoms with Gasteiger partial charge in [-0.05, 0) is 55.7 Å². The highest BCUT2D eigenvalue weighted by Crippen LogP contribution is 2.39. The summed E-state index contributed by atoms with van der Waals surface area (Å²) in [6, 6.07) is 15.5. The molecule has 0 radical (unpaired) electrons. The Bertz CT molecular complexity index is 1260. The van der Waals surface area contributed by atoms with Crippen LogP contribution in [0.15, 0.2) is 54.6 Å². The van der Waals surface area contributed by atoms with E-state index in [1.165, 1.54) is 0 Å². The Balaban J connectivity index is 1.25. The summed E-state index contributed by atoms with van der Waals surface area (Å²) in [5, 5.41) is 6.04. The molecule has 2 aromatic carbocycles. The van der Waals surface area contributed by atoms with Crippen molar-refractivity contribution in [2.75, 3.05) is 6.54 Å². The molecule has 3 N–H and O–H groups in total. The minimum absolute atomic E-state index is 0.336. The molecule has 0 saturated carbocycles. The lowest BCUT2D eigenvalue weighted by Gasteiger charge is -2.33. The number of carbonyl (C=O) groups is 5. The molecule has 0 aromatic heterocycles. The van der Waals surface area contributed by atoms with Crippen LogP contribution in [0.4, 0.5) is 9.59 Å². The zero-order valence-electron chi connectivity index (χ0n) is 19.9. The zero-order chi connectivity index (χ0) is 25.5. The topological polar surface area (TPSA) is 128 Å². The molecular weight excluding hydrogens is 462 g/mol. The van der Waals surface area contributed by atoms with Gasteiger partial charge in [-0.15, -0.1) is 0 Å². The number of carbonyl (C=O) groups excluding carboxylic acids is 5. The van der Waals surface area contributed by atoms with E-state index in [9.17, 15) is 24.0 Å². The van der Waals surface area contributed by atoms with Gasteiger partial charge in [-0.2, -0.15) is 5.01 Å². The van der Waals surface area contributed by atoms with Gasteiger partial charge >= 0.3 is 12.1 Å². The van der Waals surface area contributed by atoms with Crippen LogP contribution >= 0.6 is 0 Å². The van der Waals surface area contributed by atoms with Crippen molar-refractivity contribution in [3.8, 4) is 0 Å². The molecule has 186 valence electrons. The highest BCUT2D eigenvalue weighted by Gasteiger charge is 2.54. The molecule has 2 unspecified atom stereocenters. The van der Waals surface area contributed by atoms with Crippen molar-refractivity contribution in [3.05, 3.63) is 71.3 Å². The highest BCUT2D eigenvalue weighted by molar-refractivity contribution is 6.11. The largest absolute Gasteiger partial charge is 0.344 e. The van der Waals surface area contributed by atoms with E-state index in [1.54, 1.807) is 6.92 Å². The zero-order valence-corrected chi connectivity index (χ0v) is 19.9. The lowest BCUT2D eigenvalue weighted by molar-refractivity contribution is -0.141. The van der Waals surface area contributed by atoms with Crippen LogP contribution in [-0.4, -0.2) is 51.8 Å². The number of aryl methyl sites for hydroxylation is 2. The van der Waals surface area contributed by atoms with Crippen molar-refractivity contribution in [1.29, 1.82) is 0 Å². The number of hydrogen-bond donors (Lipinski definition) is 3. The molecule has 2 fully saturated rings. The number of fused-ring (bicyclic) bond motifs is 2. The van der Waals surface area contributed by atoms with Crippen molar-refractivity contribution in [2.45, 2.75) is 50.1 Å². The number of hydrazine groups is 1. The number of hydrogen-bond acceptors (Lipinski definition) is 5. The van der Waals surface area contributed by atoms with Crippen LogP contribution in [0.5, 0.6) is 0 Å². The quantitative estimate of drug-likeness (QED) is 0.533. The Morgan fingerprint density at radius 1 is 0.944 bits per heavy atom. The van der Waals surface area contributed by atoms with E-state index in [4.69, 9.17) is 0 Å². The first-order valence-corrected chi connectivity index (χ1v) is 12.0. The second-order valence-electron chi connectivity index (χ2n) is 9.66. The van der Waals surface area contributed by atoms with Crippen LogP contribution in [0.3, 0.4) is 0 Å². The molecule has 2 saturated heterocycles. The van der Waals surface area contributed by atoms with E-state index in [0.29, 0.717) is 30.7 Å². The van der Waals surface area contributed by atoms with Crippen LogP contribution < -0.4 is 16.1 Å². The van der Waals surface area contributed by atoms with Crippen LogP contribution in [0.1, 0.15) is 42.9 Å². The van der Waals surface area contributed by atoms with Crippen molar-refractivity contribution < 1.29 is 24.0 Å². The first kappa shape index (κ1) is 23.5. The number of rotatable bonds is 6. The fourth-order valence-corrected chi connectivity index (χ4v) is 5.25. The van der Waals surface area contributed by atoms with Gasteiger partial charge in [0.1, 0.15) is 17.6 Å². The summed E-state index contributed by atoms with van der Waals surface area (Å²) in [5.74, 6) is -1.94. The molecule has 36 heavy (non-hydrogen) atoms. The molecular formula is C26H27N5O5. The second-order valence-corrected chi connectivity index (χ2v) is 9.66. The number of amides is 7. The molecule has 1 spiro atoms. The molecule has 7 amide bonds. The number of nitrogens with zero attached hydrogens (tertiary/aromatic N) is 2. The summed E-state index contributed by atoms with van der Waals surface area (Å²) in [4.78, 5) is 65.3. The summed E-state index contributed by atoms with van der Waals surface area (Å²) < 4.78 is 0. The summed E-state index contributed by atoms with van der Waals surface area (Å²) in [6.45, 7) is 0.983. The first-order chi connectivity index (χ1) is 17.2. The molecule has 2 atom stereocenters. The minimum atomic E-state index is -1.21. The SMILES string of the molecule is CC1(CCc2ccccc2)NC(=O)N(NC(=O)CN2C(=O)NC3(CCCc4ccccc43)C2=O)C1=O. The minimum Gasteiger partial charge on any atom is -0.322 e. The van der Waals surface area contributed by atoms with Gasteiger partial charge < -0.3 is 10.6 Å². The average molecular weight is 490 g/mol. The maximum Gasteiger partial charge on any atom is 0.344 e. The van der Waals surface area contributed by atoms with Crippen molar-refractivity contribution >= 4 is 29.8 Å². The van der Waals surface area contributed by atoms with E-state index < -0.39 is 47.4 Å².